The van der Waals surface area contributed by atoms with Gasteiger partial charge >= 0.3 is 11.9 Å². The van der Waals surface area contributed by atoms with E-state index in [0.29, 0.717) is 45.9 Å². The highest BCUT2D eigenvalue weighted by atomic mass is 17.2. The van der Waals surface area contributed by atoms with Crippen molar-refractivity contribution in [3.8, 4) is 0 Å². The van der Waals surface area contributed by atoms with Crippen LogP contribution in [0.25, 0.3) is 0 Å². The lowest BCUT2D eigenvalue weighted by molar-refractivity contribution is -0.273. The van der Waals surface area contributed by atoms with Gasteiger partial charge in [0.1, 0.15) is 6.10 Å². The normalized spacial score (nSPS) is 11.7. The quantitative estimate of drug-likeness (QED) is 0.0255. The van der Waals surface area contributed by atoms with Gasteiger partial charge < -0.3 is 23.8 Å². The second kappa shape index (κ2) is 48.7. The van der Waals surface area contributed by atoms with Crippen LogP contribution in [0, 0.1) is 0 Å². The van der Waals surface area contributed by atoms with Gasteiger partial charge in [-0.3, -0.25) is 14.5 Å². The molecule has 60 heavy (non-hydrogen) atoms. The summed E-state index contributed by atoms with van der Waals surface area (Å²) in [5, 5.41) is 0. The molecule has 0 saturated heterocycles. The van der Waals surface area contributed by atoms with Crippen LogP contribution in [0.2, 0.25) is 0 Å². The molecule has 0 aliphatic rings. The molecular formula is C50H100N2O8. The van der Waals surface area contributed by atoms with Gasteiger partial charge in [0.15, 0.2) is 0 Å². The van der Waals surface area contributed by atoms with Gasteiger partial charge in [-0.2, -0.15) is 0 Å². The molecule has 0 unspecified atom stereocenters. The fourth-order valence-electron chi connectivity index (χ4n) is 7.69. The third-order valence-electron chi connectivity index (χ3n) is 11.6. The highest BCUT2D eigenvalue weighted by Gasteiger charge is 2.15. The summed E-state index contributed by atoms with van der Waals surface area (Å²) < 4.78 is 22.6. The highest BCUT2D eigenvalue weighted by molar-refractivity contribution is 5.69. The second-order valence-corrected chi connectivity index (χ2v) is 17.2. The molecular weight excluding hydrogens is 757 g/mol. The van der Waals surface area contributed by atoms with E-state index < -0.39 is 0 Å². The van der Waals surface area contributed by atoms with E-state index in [-0.39, 0.29) is 18.0 Å². The number of hydrogen-bond acceptors (Lipinski definition) is 10. The molecule has 0 atom stereocenters. The first-order valence-corrected chi connectivity index (χ1v) is 25.5. The molecule has 0 bridgehead atoms. The molecule has 0 aliphatic carbocycles. The first-order valence-electron chi connectivity index (χ1n) is 25.5. The fourth-order valence-corrected chi connectivity index (χ4v) is 7.69. The predicted molar refractivity (Wildman–Crippen MR) is 250 cm³/mol. The maximum Gasteiger partial charge on any atom is 0.306 e. The molecule has 358 valence electrons. The van der Waals surface area contributed by atoms with E-state index in [1.807, 2.05) is 0 Å². The molecule has 0 saturated carbocycles. The van der Waals surface area contributed by atoms with Crippen molar-refractivity contribution in [2.45, 2.75) is 226 Å². The third-order valence-corrected chi connectivity index (χ3v) is 11.6. The molecule has 0 amide bonds. The van der Waals surface area contributed by atoms with Gasteiger partial charge in [0.25, 0.3) is 0 Å². The molecule has 0 radical (unpaired) electrons. The molecule has 0 fully saturated rings. The van der Waals surface area contributed by atoms with Crippen LogP contribution in [-0.4, -0.2) is 114 Å². The van der Waals surface area contributed by atoms with Crippen molar-refractivity contribution in [3.63, 3.8) is 0 Å². The van der Waals surface area contributed by atoms with Crippen molar-refractivity contribution in [2.75, 3.05) is 86.5 Å². The van der Waals surface area contributed by atoms with Gasteiger partial charge in [-0.1, -0.05) is 149 Å². The lowest BCUT2D eigenvalue weighted by atomic mass is 10.0. The highest BCUT2D eigenvalue weighted by Crippen LogP contribution is 2.18. The summed E-state index contributed by atoms with van der Waals surface area (Å²) in [6, 6.07) is 0. The Bertz CT molecular complexity index is 865. The Kier molecular flexibility index (Phi) is 47.7. The number of carbonyl (C=O) groups excluding carboxylic acids is 2. The van der Waals surface area contributed by atoms with Crippen molar-refractivity contribution < 1.29 is 38.3 Å². The van der Waals surface area contributed by atoms with E-state index in [1.165, 1.54) is 109 Å². The standard InChI is InChI=1S/C50H100N2O8/c1-6-9-12-15-18-19-20-23-32-43-58-49(53)35-28-24-30-37-51(39-40-52(42-45-59-56-5)41-44-57-47-46-55-4)38-31-25-29-36-50(54)60-48(33-26-21-16-13-10-7-2)34-27-22-17-14-11-8-3/h48H,6-47H2,1-5H3. The SMILES string of the molecule is CCCCCCCCCCCOC(=O)CCCCCN(CCCCCC(=O)OC(CCCCCCCC)CCCCCCCC)CCN(CCOCCOC)CCOOC. The average molecular weight is 857 g/mol. The Labute approximate surface area is 371 Å². The first-order chi connectivity index (χ1) is 29.5. The van der Waals surface area contributed by atoms with Crippen molar-refractivity contribution in [3.05, 3.63) is 0 Å². The molecule has 0 spiro atoms. The van der Waals surface area contributed by atoms with Gasteiger partial charge in [0, 0.05) is 46.1 Å². The lowest BCUT2D eigenvalue weighted by Gasteiger charge is -2.27. The maximum absolute atomic E-state index is 13.0. The minimum absolute atomic E-state index is 0.0119. The zero-order chi connectivity index (χ0) is 43.8. The smallest absolute Gasteiger partial charge is 0.306 e. The van der Waals surface area contributed by atoms with E-state index >= 15 is 0 Å². The summed E-state index contributed by atoms with van der Waals surface area (Å²) >= 11 is 0. The summed E-state index contributed by atoms with van der Waals surface area (Å²) in [5.74, 6) is -0.0649. The largest absolute Gasteiger partial charge is 0.466 e. The molecule has 0 rings (SSSR count). The van der Waals surface area contributed by atoms with Gasteiger partial charge in [0.05, 0.1) is 40.1 Å². The van der Waals surface area contributed by atoms with Crippen LogP contribution in [0.3, 0.4) is 0 Å². The van der Waals surface area contributed by atoms with Crippen molar-refractivity contribution in [2.24, 2.45) is 0 Å². The minimum atomic E-state index is -0.0530. The summed E-state index contributed by atoms with van der Waals surface area (Å²) in [6.45, 7) is 15.0. The van der Waals surface area contributed by atoms with E-state index in [9.17, 15) is 9.59 Å². The van der Waals surface area contributed by atoms with Crippen LogP contribution in [-0.2, 0) is 38.3 Å². The molecule has 10 heteroatoms. The minimum Gasteiger partial charge on any atom is -0.466 e. The molecule has 0 aliphatic heterocycles. The van der Waals surface area contributed by atoms with Crippen molar-refractivity contribution in [1.29, 1.82) is 0 Å². The van der Waals surface area contributed by atoms with Crippen LogP contribution >= 0.6 is 0 Å². The van der Waals surface area contributed by atoms with Gasteiger partial charge in [-0.15, -0.1) is 0 Å². The van der Waals surface area contributed by atoms with Crippen molar-refractivity contribution >= 4 is 11.9 Å². The molecule has 0 heterocycles. The number of hydrogen-bond donors (Lipinski definition) is 0. The first kappa shape index (κ1) is 58.7. The number of esters is 2. The van der Waals surface area contributed by atoms with Crippen LogP contribution in [0.4, 0.5) is 0 Å². The summed E-state index contributed by atoms with van der Waals surface area (Å²) in [4.78, 5) is 40.4. The number of carbonyl (C=O) groups is 2. The zero-order valence-electron chi connectivity index (χ0n) is 40.4. The Morgan fingerprint density at radius 2 is 0.867 bits per heavy atom. The summed E-state index contributed by atoms with van der Waals surface area (Å²) in [5.41, 5.74) is 0. The van der Waals surface area contributed by atoms with Crippen molar-refractivity contribution in [1.82, 2.24) is 9.80 Å². The molecule has 0 N–H and O–H groups in total. The molecule has 10 nitrogen and oxygen atoms in total. The monoisotopic (exact) mass is 857 g/mol. The van der Waals surface area contributed by atoms with Crippen LogP contribution < -0.4 is 0 Å². The van der Waals surface area contributed by atoms with E-state index in [4.69, 9.17) is 28.7 Å². The number of rotatable bonds is 50. The lowest BCUT2D eigenvalue weighted by Crippen LogP contribution is -2.39. The topological polar surface area (TPSA) is 96.0 Å². The van der Waals surface area contributed by atoms with Gasteiger partial charge in [-0.25, -0.2) is 9.78 Å². The number of unbranched alkanes of at least 4 members (excludes halogenated alkanes) is 22. The Morgan fingerprint density at radius 1 is 0.417 bits per heavy atom. The Hall–Kier alpha value is -1.30. The number of ether oxygens (including phenoxy) is 4. The van der Waals surface area contributed by atoms with Crippen LogP contribution in [0.15, 0.2) is 0 Å². The zero-order valence-corrected chi connectivity index (χ0v) is 40.4. The third kappa shape index (κ3) is 43.4. The maximum atomic E-state index is 13.0. The van der Waals surface area contributed by atoms with E-state index in [0.717, 1.165) is 116 Å². The molecule has 0 aromatic heterocycles. The van der Waals surface area contributed by atoms with E-state index in [1.54, 1.807) is 14.2 Å². The number of methoxy groups -OCH3 is 1. The predicted octanol–water partition coefficient (Wildman–Crippen LogP) is 12.4. The fraction of sp³-hybridized carbons (Fsp3) is 0.960. The Morgan fingerprint density at radius 3 is 1.38 bits per heavy atom. The van der Waals surface area contributed by atoms with Gasteiger partial charge in [-0.05, 0) is 70.9 Å². The summed E-state index contributed by atoms with van der Waals surface area (Å²) in [7, 11) is 3.23. The summed E-state index contributed by atoms with van der Waals surface area (Å²) in [6.07, 6.45) is 35.5. The van der Waals surface area contributed by atoms with Crippen LogP contribution in [0.1, 0.15) is 220 Å². The Balaban J connectivity index is 4.85. The average Bonchev–Trinajstić information content (AvgIpc) is 3.24. The molecule has 0 aromatic rings. The van der Waals surface area contributed by atoms with Crippen LogP contribution in [0.5, 0.6) is 0 Å². The van der Waals surface area contributed by atoms with E-state index in [2.05, 4.69) is 30.6 Å². The van der Waals surface area contributed by atoms with Gasteiger partial charge in [0.2, 0.25) is 0 Å². The molecule has 0 aromatic carbocycles. The second-order valence-electron chi connectivity index (χ2n) is 17.2. The number of nitrogens with zero attached hydrogens (tertiary/aromatic N) is 2.